The summed E-state index contributed by atoms with van der Waals surface area (Å²) in [6.45, 7) is 0. The molecule has 1 aliphatic rings. The van der Waals surface area contributed by atoms with E-state index in [4.69, 9.17) is 5.73 Å². The molecular weight excluding hydrogens is 373 g/mol. The molecular formula is C19H11F3N4O2. The lowest BCUT2D eigenvalue weighted by Gasteiger charge is -2.17. The van der Waals surface area contributed by atoms with E-state index in [1.807, 2.05) is 6.07 Å². The summed E-state index contributed by atoms with van der Waals surface area (Å²) in [7, 11) is 0. The van der Waals surface area contributed by atoms with Crippen molar-refractivity contribution >= 4 is 16.6 Å². The molecule has 0 radical (unpaired) electrons. The monoisotopic (exact) mass is 384 g/mol. The van der Waals surface area contributed by atoms with E-state index in [1.165, 1.54) is 24.3 Å². The van der Waals surface area contributed by atoms with Crippen LogP contribution in [-0.2, 0) is 6.18 Å². The molecule has 0 saturated heterocycles. The zero-order valence-electron chi connectivity index (χ0n) is 14.1. The van der Waals surface area contributed by atoms with Gasteiger partial charge in [0, 0.05) is 0 Å². The van der Waals surface area contributed by atoms with Crippen LogP contribution in [0.3, 0.4) is 0 Å². The van der Waals surface area contributed by atoms with E-state index in [2.05, 4.69) is 0 Å². The molecule has 2 N–H and O–H groups in total. The number of halogens is 3. The number of alkyl halides is 3. The number of aromatic nitrogens is 2. The number of hydrogen-bond donors (Lipinski definition) is 1. The van der Waals surface area contributed by atoms with Crippen LogP contribution in [0.25, 0.3) is 16.6 Å². The minimum atomic E-state index is -4.52. The van der Waals surface area contributed by atoms with Gasteiger partial charge >= 0.3 is 6.18 Å². The fourth-order valence-electron chi connectivity index (χ4n) is 3.40. The average Bonchev–Trinajstić information content (AvgIpc) is 2.98. The third-order valence-electron chi connectivity index (χ3n) is 4.70. The van der Waals surface area contributed by atoms with Gasteiger partial charge in [0.15, 0.2) is 0 Å². The molecule has 0 aliphatic carbocycles. The van der Waals surface area contributed by atoms with Crippen molar-refractivity contribution in [1.29, 1.82) is 5.26 Å². The van der Waals surface area contributed by atoms with Crippen LogP contribution in [0.4, 0.5) is 13.2 Å². The van der Waals surface area contributed by atoms with Gasteiger partial charge in [-0.25, -0.2) is 4.68 Å². The van der Waals surface area contributed by atoms with E-state index in [0.29, 0.717) is 0 Å². The van der Waals surface area contributed by atoms with E-state index in [-0.39, 0.29) is 27.7 Å². The van der Waals surface area contributed by atoms with E-state index in [9.17, 15) is 28.0 Å². The Labute approximate surface area is 155 Å². The Morgan fingerprint density at radius 1 is 0.964 bits per heavy atom. The third kappa shape index (κ3) is 2.35. The van der Waals surface area contributed by atoms with Crippen molar-refractivity contribution in [2.24, 2.45) is 5.73 Å². The normalized spacial score (nSPS) is 16.3. The van der Waals surface area contributed by atoms with Crippen molar-refractivity contribution in [3.63, 3.8) is 0 Å². The second kappa shape index (κ2) is 5.85. The van der Waals surface area contributed by atoms with Gasteiger partial charge in [0.2, 0.25) is 0 Å². The van der Waals surface area contributed by atoms with Gasteiger partial charge in [-0.2, -0.15) is 23.1 Å². The van der Waals surface area contributed by atoms with Crippen LogP contribution in [0.1, 0.15) is 17.2 Å². The van der Waals surface area contributed by atoms with Crippen molar-refractivity contribution < 1.29 is 13.2 Å². The summed E-state index contributed by atoms with van der Waals surface area (Å²) in [4.78, 5) is 25.9. The minimum Gasteiger partial charge on any atom is -0.383 e. The van der Waals surface area contributed by atoms with Crippen LogP contribution in [0.2, 0.25) is 0 Å². The zero-order chi connectivity index (χ0) is 20.2. The van der Waals surface area contributed by atoms with Gasteiger partial charge in [-0.15, -0.1) is 0 Å². The highest BCUT2D eigenvalue weighted by molar-refractivity contribution is 5.81. The standard InChI is InChI=1S/C19H11F3N4O2/c20-19(21,22)11-7-5-10(6-8-11)15-14(9-23)16(24)26-18(28)13-4-2-1-3-12(13)17(27)25(15)26/h1-8,15H,24H2. The van der Waals surface area contributed by atoms with Gasteiger partial charge in [-0.1, -0.05) is 24.3 Å². The maximum absolute atomic E-state index is 13.0. The first-order valence-electron chi connectivity index (χ1n) is 8.09. The zero-order valence-corrected chi connectivity index (χ0v) is 14.1. The Kier molecular flexibility index (Phi) is 3.68. The summed E-state index contributed by atoms with van der Waals surface area (Å²) < 4.78 is 40.5. The fourth-order valence-corrected chi connectivity index (χ4v) is 3.40. The molecule has 0 saturated carbocycles. The van der Waals surface area contributed by atoms with Crippen molar-refractivity contribution in [2.45, 2.75) is 12.2 Å². The van der Waals surface area contributed by atoms with E-state index >= 15 is 0 Å². The second-order valence-corrected chi connectivity index (χ2v) is 6.25. The van der Waals surface area contributed by atoms with Gasteiger partial charge in [0.25, 0.3) is 11.1 Å². The third-order valence-corrected chi connectivity index (χ3v) is 4.70. The van der Waals surface area contributed by atoms with Crippen LogP contribution in [0.5, 0.6) is 0 Å². The molecule has 2 aromatic carbocycles. The summed E-state index contributed by atoms with van der Waals surface area (Å²) in [6, 6.07) is 10.9. The van der Waals surface area contributed by atoms with Crippen molar-refractivity contribution in [1.82, 2.24) is 9.36 Å². The number of allylic oxidation sites excluding steroid dienone is 1. The SMILES string of the molecule is N#CC1=C(N)n2c(=O)c3ccccc3c(=O)n2C1c1ccc(C(F)(F)F)cc1. The summed E-state index contributed by atoms with van der Waals surface area (Å²) in [5, 5.41) is 9.81. The first-order chi connectivity index (χ1) is 13.3. The Balaban J connectivity index is 2.03. The molecule has 140 valence electrons. The predicted molar refractivity (Wildman–Crippen MR) is 95.1 cm³/mol. The highest BCUT2D eigenvalue weighted by atomic mass is 19.4. The first kappa shape index (κ1) is 17.6. The Morgan fingerprint density at radius 3 is 2.07 bits per heavy atom. The Hall–Kier alpha value is -3.80. The smallest absolute Gasteiger partial charge is 0.383 e. The molecule has 4 rings (SSSR count). The lowest BCUT2D eigenvalue weighted by molar-refractivity contribution is -0.137. The molecule has 1 atom stereocenters. The quantitative estimate of drug-likeness (QED) is 0.697. The highest BCUT2D eigenvalue weighted by Gasteiger charge is 2.35. The largest absolute Gasteiger partial charge is 0.416 e. The van der Waals surface area contributed by atoms with Gasteiger partial charge in [-0.05, 0) is 29.8 Å². The number of fused-ring (bicyclic) bond motifs is 2. The number of nitrogens with two attached hydrogens (primary N) is 1. The minimum absolute atomic E-state index is 0.0886. The average molecular weight is 384 g/mol. The lowest BCUT2D eigenvalue weighted by atomic mass is 9.99. The predicted octanol–water partition coefficient (Wildman–Crippen LogP) is 2.44. The van der Waals surface area contributed by atoms with Crippen LogP contribution >= 0.6 is 0 Å². The molecule has 6 nitrogen and oxygen atoms in total. The van der Waals surface area contributed by atoms with Crippen molar-refractivity contribution in [2.75, 3.05) is 0 Å². The topological polar surface area (TPSA) is 93.8 Å². The number of rotatable bonds is 1. The lowest BCUT2D eigenvalue weighted by Crippen LogP contribution is -2.38. The maximum atomic E-state index is 13.0. The van der Waals surface area contributed by atoms with E-state index in [0.717, 1.165) is 21.5 Å². The van der Waals surface area contributed by atoms with Crippen LogP contribution in [0, 0.1) is 11.3 Å². The number of nitriles is 1. The van der Waals surface area contributed by atoms with Gasteiger partial charge in [-0.3, -0.25) is 9.59 Å². The second-order valence-electron chi connectivity index (χ2n) is 6.25. The molecule has 0 amide bonds. The van der Waals surface area contributed by atoms with E-state index in [1.54, 1.807) is 12.1 Å². The molecule has 1 unspecified atom stereocenters. The number of nitrogens with zero attached hydrogens (tertiary/aromatic N) is 3. The first-order valence-corrected chi connectivity index (χ1v) is 8.09. The van der Waals surface area contributed by atoms with Crippen molar-refractivity contribution in [3.05, 3.63) is 85.9 Å². The van der Waals surface area contributed by atoms with E-state index < -0.39 is 28.9 Å². The maximum Gasteiger partial charge on any atom is 0.416 e. The molecule has 28 heavy (non-hydrogen) atoms. The summed E-state index contributed by atoms with van der Waals surface area (Å²) in [5.41, 5.74) is 4.08. The number of hydrogen-bond acceptors (Lipinski definition) is 4. The Bertz CT molecular complexity index is 1310. The van der Waals surface area contributed by atoms with Gasteiger partial charge < -0.3 is 5.73 Å². The molecule has 9 heteroatoms. The fraction of sp³-hybridized carbons (Fsp3) is 0.105. The molecule has 0 bridgehead atoms. The number of benzene rings is 2. The van der Waals surface area contributed by atoms with Crippen LogP contribution in [-0.4, -0.2) is 9.36 Å². The van der Waals surface area contributed by atoms with Crippen LogP contribution < -0.4 is 16.9 Å². The van der Waals surface area contributed by atoms with Crippen LogP contribution in [0.15, 0.2) is 63.7 Å². The molecule has 1 aliphatic heterocycles. The molecule has 2 heterocycles. The molecule has 0 spiro atoms. The van der Waals surface area contributed by atoms with Gasteiger partial charge in [0.1, 0.15) is 23.5 Å². The van der Waals surface area contributed by atoms with Crippen molar-refractivity contribution in [3.8, 4) is 6.07 Å². The summed E-state index contributed by atoms with van der Waals surface area (Å²) in [5.74, 6) is -0.222. The summed E-state index contributed by atoms with van der Waals surface area (Å²) in [6.07, 6.45) is -4.52. The van der Waals surface area contributed by atoms with Gasteiger partial charge in [0.05, 0.1) is 16.3 Å². The highest BCUT2D eigenvalue weighted by Crippen LogP contribution is 2.35. The molecule has 3 aromatic rings. The molecule has 1 aromatic heterocycles. The molecule has 0 fully saturated rings. The Morgan fingerprint density at radius 2 is 1.54 bits per heavy atom. The summed E-state index contributed by atoms with van der Waals surface area (Å²) >= 11 is 0.